The van der Waals surface area contributed by atoms with Gasteiger partial charge in [0.15, 0.2) is 0 Å². The van der Waals surface area contributed by atoms with Crippen LogP contribution < -0.4 is 11.1 Å². The molecule has 0 radical (unpaired) electrons. The minimum atomic E-state index is -0.172. The van der Waals surface area contributed by atoms with E-state index in [-0.39, 0.29) is 18.2 Å². The summed E-state index contributed by atoms with van der Waals surface area (Å²) >= 11 is 0. The molecule has 0 rings (SSSR count). The topological polar surface area (TPSA) is 79.0 Å². The van der Waals surface area contributed by atoms with Crippen LogP contribution in [0.15, 0.2) is 0 Å². The molecular weight excluding hydrogens is 130 g/mol. The van der Waals surface area contributed by atoms with Crippen molar-refractivity contribution in [3.63, 3.8) is 0 Å². The average Bonchev–Trinajstić information content (AvgIpc) is 1.82. The first-order valence-electron chi connectivity index (χ1n) is 3.26. The molecule has 0 spiro atoms. The van der Waals surface area contributed by atoms with Gasteiger partial charge in [-0.3, -0.25) is 10.2 Å². The summed E-state index contributed by atoms with van der Waals surface area (Å²) in [5.41, 5.74) is 4.99. The van der Waals surface area contributed by atoms with Gasteiger partial charge in [0.1, 0.15) is 0 Å². The Labute approximate surface area is 60.3 Å². The molecule has 0 fully saturated rings. The second-order valence-electron chi connectivity index (χ2n) is 2.05. The fourth-order valence-electron chi connectivity index (χ4n) is 0.500. The summed E-state index contributed by atoms with van der Waals surface area (Å²) in [5.74, 6) is -0.261. The number of amidine groups is 1. The van der Waals surface area contributed by atoms with Crippen LogP contribution in [0.1, 0.15) is 19.8 Å². The fourth-order valence-corrected chi connectivity index (χ4v) is 0.500. The molecule has 4 nitrogen and oxygen atoms in total. The Balaban J connectivity index is 3.35. The van der Waals surface area contributed by atoms with Crippen LogP contribution >= 0.6 is 0 Å². The van der Waals surface area contributed by atoms with E-state index in [1.807, 2.05) is 6.92 Å². The molecule has 0 saturated heterocycles. The van der Waals surface area contributed by atoms with Gasteiger partial charge in [0, 0.05) is 6.54 Å². The van der Waals surface area contributed by atoms with Crippen LogP contribution in [0.25, 0.3) is 0 Å². The summed E-state index contributed by atoms with van der Waals surface area (Å²) < 4.78 is 0. The van der Waals surface area contributed by atoms with Gasteiger partial charge in [-0.15, -0.1) is 0 Å². The van der Waals surface area contributed by atoms with Gasteiger partial charge in [-0.2, -0.15) is 0 Å². The van der Waals surface area contributed by atoms with Gasteiger partial charge in [-0.05, 0) is 6.42 Å². The van der Waals surface area contributed by atoms with Gasteiger partial charge in [0.05, 0.1) is 12.3 Å². The number of carbonyl (C=O) groups excluding carboxylic acids is 1. The molecule has 0 aliphatic carbocycles. The van der Waals surface area contributed by atoms with Crippen LogP contribution in [0.5, 0.6) is 0 Å². The first kappa shape index (κ1) is 8.94. The van der Waals surface area contributed by atoms with Crippen molar-refractivity contribution in [2.24, 2.45) is 5.73 Å². The predicted molar refractivity (Wildman–Crippen MR) is 39.8 cm³/mol. The lowest BCUT2D eigenvalue weighted by Gasteiger charge is -2.00. The Morgan fingerprint density at radius 1 is 1.70 bits per heavy atom. The Morgan fingerprint density at radius 2 is 2.30 bits per heavy atom. The maximum absolute atomic E-state index is 10.7. The first-order chi connectivity index (χ1) is 4.66. The highest BCUT2D eigenvalue weighted by molar-refractivity contribution is 5.97. The fraction of sp³-hybridized carbons (Fsp3) is 0.667. The van der Waals surface area contributed by atoms with Crippen molar-refractivity contribution in [2.75, 3.05) is 6.54 Å². The van der Waals surface area contributed by atoms with Crippen molar-refractivity contribution in [1.82, 2.24) is 5.32 Å². The highest BCUT2D eigenvalue weighted by Crippen LogP contribution is 1.77. The van der Waals surface area contributed by atoms with Crippen LogP contribution in [0.4, 0.5) is 0 Å². The van der Waals surface area contributed by atoms with Crippen molar-refractivity contribution in [3.05, 3.63) is 0 Å². The predicted octanol–water partition coefficient (Wildman–Crippen LogP) is -0.161. The van der Waals surface area contributed by atoms with Crippen molar-refractivity contribution in [3.8, 4) is 0 Å². The molecule has 0 aromatic heterocycles. The zero-order valence-electron chi connectivity index (χ0n) is 6.11. The third-order valence-corrected chi connectivity index (χ3v) is 0.923. The molecule has 0 atom stereocenters. The van der Waals surface area contributed by atoms with E-state index < -0.39 is 0 Å². The molecular formula is C6H13N3O. The number of nitrogens with two attached hydrogens (primary N) is 1. The minimum Gasteiger partial charge on any atom is -0.387 e. The number of hydrogen-bond donors (Lipinski definition) is 3. The lowest BCUT2D eigenvalue weighted by molar-refractivity contribution is -0.119. The number of carbonyl (C=O) groups is 1. The summed E-state index contributed by atoms with van der Waals surface area (Å²) in [6.45, 7) is 2.63. The molecule has 0 aromatic carbocycles. The second kappa shape index (κ2) is 4.78. The summed E-state index contributed by atoms with van der Waals surface area (Å²) in [4.78, 5) is 10.7. The molecule has 4 N–H and O–H groups in total. The van der Waals surface area contributed by atoms with Gasteiger partial charge in [-0.1, -0.05) is 6.92 Å². The van der Waals surface area contributed by atoms with Crippen LogP contribution in [0.2, 0.25) is 0 Å². The normalized spacial score (nSPS) is 8.90. The molecule has 58 valence electrons. The number of amides is 1. The number of nitrogens with one attached hydrogen (secondary N) is 2. The molecule has 0 aliphatic heterocycles. The highest BCUT2D eigenvalue weighted by Gasteiger charge is 1.99. The van der Waals surface area contributed by atoms with Crippen molar-refractivity contribution >= 4 is 11.7 Å². The molecule has 10 heavy (non-hydrogen) atoms. The van der Waals surface area contributed by atoms with E-state index in [0.717, 1.165) is 6.42 Å². The van der Waals surface area contributed by atoms with Crippen LogP contribution in [-0.2, 0) is 4.79 Å². The van der Waals surface area contributed by atoms with Gasteiger partial charge in [0.25, 0.3) is 0 Å². The molecule has 0 aromatic rings. The molecule has 0 bridgehead atoms. The Bertz CT molecular complexity index is 133. The third-order valence-electron chi connectivity index (χ3n) is 0.923. The summed E-state index contributed by atoms with van der Waals surface area (Å²) in [6.07, 6.45) is 0.920. The van der Waals surface area contributed by atoms with E-state index in [2.05, 4.69) is 5.32 Å². The minimum absolute atomic E-state index is 0.0139. The molecule has 0 saturated carbocycles. The van der Waals surface area contributed by atoms with E-state index in [1.54, 1.807) is 0 Å². The largest absolute Gasteiger partial charge is 0.387 e. The van der Waals surface area contributed by atoms with Crippen LogP contribution in [0, 0.1) is 5.41 Å². The van der Waals surface area contributed by atoms with E-state index in [0.29, 0.717) is 6.54 Å². The maximum atomic E-state index is 10.7. The Morgan fingerprint density at radius 3 is 2.70 bits per heavy atom. The van der Waals surface area contributed by atoms with Crippen LogP contribution in [0.3, 0.4) is 0 Å². The molecule has 0 heterocycles. The van der Waals surface area contributed by atoms with E-state index >= 15 is 0 Å². The third kappa shape index (κ3) is 5.08. The lowest BCUT2D eigenvalue weighted by atomic mass is 10.3. The zero-order valence-corrected chi connectivity index (χ0v) is 6.11. The quantitative estimate of drug-likeness (QED) is 0.377. The van der Waals surface area contributed by atoms with Gasteiger partial charge in [-0.25, -0.2) is 0 Å². The van der Waals surface area contributed by atoms with E-state index in [1.165, 1.54) is 0 Å². The Kier molecular flexibility index (Phi) is 4.28. The Hall–Kier alpha value is -1.06. The first-order valence-corrected chi connectivity index (χ1v) is 3.26. The highest BCUT2D eigenvalue weighted by atomic mass is 16.1. The zero-order chi connectivity index (χ0) is 7.98. The number of rotatable bonds is 4. The van der Waals surface area contributed by atoms with E-state index in [9.17, 15) is 4.79 Å². The molecule has 1 amide bonds. The SMILES string of the molecule is CCCNC(=O)CC(=N)N. The monoisotopic (exact) mass is 143 g/mol. The van der Waals surface area contributed by atoms with Crippen molar-refractivity contribution in [2.45, 2.75) is 19.8 Å². The van der Waals surface area contributed by atoms with Crippen molar-refractivity contribution < 1.29 is 4.79 Å². The van der Waals surface area contributed by atoms with Gasteiger partial charge >= 0.3 is 0 Å². The molecule has 0 aliphatic rings. The smallest absolute Gasteiger partial charge is 0.227 e. The number of hydrogen-bond acceptors (Lipinski definition) is 2. The summed E-state index contributed by atoms with van der Waals surface area (Å²) in [6, 6.07) is 0. The van der Waals surface area contributed by atoms with Crippen molar-refractivity contribution in [1.29, 1.82) is 5.41 Å². The molecule has 0 unspecified atom stereocenters. The van der Waals surface area contributed by atoms with Gasteiger partial charge in [0.2, 0.25) is 5.91 Å². The second-order valence-corrected chi connectivity index (χ2v) is 2.05. The van der Waals surface area contributed by atoms with Crippen LogP contribution in [-0.4, -0.2) is 18.3 Å². The lowest BCUT2D eigenvalue weighted by Crippen LogP contribution is -2.28. The average molecular weight is 143 g/mol. The summed E-state index contributed by atoms with van der Waals surface area (Å²) in [5, 5.41) is 9.38. The summed E-state index contributed by atoms with van der Waals surface area (Å²) in [7, 11) is 0. The maximum Gasteiger partial charge on any atom is 0.227 e. The van der Waals surface area contributed by atoms with Gasteiger partial charge < -0.3 is 11.1 Å². The van der Waals surface area contributed by atoms with E-state index in [4.69, 9.17) is 11.1 Å². The standard InChI is InChI=1S/C6H13N3O/c1-2-3-9-6(10)4-5(7)8/h2-4H2,1H3,(H3,7,8)(H,9,10). The molecule has 4 heteroatoms.